The number of benzene rings is 2. The summed E-state index contributed by atoms with van der Waals surface area (Å²) < 4.78 is 26.4. The number of carbonyl (C=O) groups excluding carboxylic acids is 1. The monoisotopic (exact) mass is 375 g/mol. The van der Waals surface area contributed by atoms with Gasteiger partial charge in [0.1, 0.15) is 0 Å². The van der Waals surface area contributed by atoms with Gasteiger partial charge in [0.2, 0.25) is 10.0 Å². The molecule has 140 valence electrons. The summed E-state index contributed by atoms with van der Waals surface area (Å²) in [6.45, 7) is 3.40. The molecule has 0 saturated carbocycles. The summed E-state index contributed by atoms with van der Waals surface area (Å²) >= 11 is 0. The highest BCUT2D eigenvalue weighted by atomic mass is 32.2. The smallest absolute Gasteiger partial charge is 0.253 e. The minimum Gasteiger partial charge on any atom is -0.337 e. The van der Waals surface area contributed by atoms with Crippen LogP contribution in [0, 0.1) is 0 Å². The van der Waals surface area contributed by atoms with Crippen molar-refractivity contribution in [1.82, 2.24) is 9.62 Å². The molecular formula is C19H25N3O3S. The number of hydrogen-bond donors (Lipinski definition) is 2. The molecule has 0 radical (unpaired) electrons. The van der Waals surface area contributed by atoms with Crippen LogP contribution in [0.1, 0.15) is 22.8 Å². The van der Waals surface area contributed by atoms with Gasteiger partial charge in [-0.3, -0.25) is 4.79 Å². The van der Waals surface area contributed by atoms with E-state index < -0.39 is 10.0 Å². The molecule has 1 amide bonds. The fraction of sp³-hybridized carbons (Fsp3) is 0.316. The minimum atomic E-state index is -3.52. The lowest BCUT2D eigenvalue weighted by Crippen LogP contribution is -2.37. The third-order valence-corrected chi connectivity index (χ3v) is 5.51. The normalized spacial score (nSPS) is 11.3. The van der Waals surface area contributed by atoms with E-state index in [1.165, 1.54) is 12.1 Å². The Bertz CT molecular complexity index is 806. The van der Waals surface area contributed by atoms with E-state index in [2.05, 4.69) is 4.72 Å². The molecule has 26 heavy (non-hydrogen) atoms. The summed E-state index contributed by atoms with van der Waals surface area (Å²) in [6.07, 6.45) is 0.736. The maximum atomic E-state index is 12.7. The minimum absolute atomic E-state index is 0.144. The van der Waals surface area contributed by atoms with E-state index >= 15 is 0 Å². The lowest BCUT2D eigenvalue weighted by atomic mass is 10.1. The van der Waals surface area contributed by atoms with Gasteiger partial charge in [0.15, 0.2) is 0 Å². The van der Waals surface area contributed by atoms with Gasteiger partial charge >= 0.3 is 0 Å². The van der Waals surface area contributed by atoms with Crippen LogP contribution in [0.25, 0.3) is 0 Å². The Labute approximate surface area is 155 Å². The molecule has 0 aliphatic rings. The van der Waals surface area contributed by atoms with Crippen LogP contribution in [0.5, 0.6) is 0 Å². The van der Waals surface area contributed by atoms with Crippen LogP contribution in [0.3, 0.4) is 0 Å². The molecule has 0 bridgehead atoms. The Hall–Kier alpha value is -2.22. The van der Waals surface area contributed by atoms with Gasteiger partial charge in [-0.1, -0.05) is 37.3 Å². The van der Waals surface area contributed by atoms with Crippen LogP contribution in [-0.4, -0.2) is 45.4 Å². The summed E-state index contributed by atoms with van der Waals surface area (Å²) in [5.41, 5.74) is 7.24. The van der Waals surface area contributed by atoms with E-state index in [1.54, 1.807) is 24.0 Å². The Morgan fingerprint density at radius 1 is 1.04 bits per heavy atom. The van der Waals surface area contributed by atoms with Crippen LogP contribution < -0.4 is 10.5 Å². The predicted octanol–water partition coefficient (Wildman–Crippen LogP) is 1.63. The van der Waals surface area contributed by atoms with Gasteiger partial charge in [0.05, 0.1) is 4.90 Å². The molecule has 2 aromatic rings. The molecule has 3 N–H and O–H groups in total. The third-order valence-electron chi connectivity index (χ3n) is 3.95. The number of sulfonamides is 1. The summed E-state index contributed by atoms with van der Waals surface area (Å²) in [5, 5.41) is 0. The van der Waals surface area contributed by atoms with Gasteiger partial charge in [0, 0.05) is 31.7 Å². The standard InChI is InChI=1S/C19H25N3O3S/c1-2-21-26(24,25)18-10-8-17(9-11-18)19(23)22(15-13-20)14-12-16-6-4-3-5-7-16/h3-11,21H,2,12-15,20H2,1H3. The van der Waals surface area contributed by atoms with E-state index in [0.29, 0.717) is 31.7 Å². The lowest BCUT2D eigenvalue weighted by molar-refractivity contribution is 0.0762. The van der Waals surface area contributed by atoms with Crippen molar-refractivity contribution in [3.63, 3.8) is 0 Å². The Morgan fingerprint density at radius 2 is 1.69 bits per heavy atom. The Morgan fingerprint density at radius 3 is 2.27 bits per heavy atom. The van der Waals surface area contributed by atoms with E-state index in [4.69, 9.17) is 5.73 Å². The van der Waals surface area contributed by atoms with Gasteiger partial charge in [0.25, 0.3) is 5.91 Å². The van der Waals surface area contributed by atoms with Crippen molar-refractivity contribution in [1.29, 1.82) is 0 Å². The first-order valence-electron chi connectivity index (χ1n) is 8.61. The van der Waals surface area contributed by atoms with Crippen molar-refractivity contribution in [2.24, 2.45) is 5.73 Å². The molecule has 0 aliphatic heterocycles. The highest BCUT2D eigenvalue weighted by molar-refractivity contribution is 7.89. The molecule has 0 aromatic heterocycles. The van der Waals surface area contributed by atoms with Gasteiger partial charge in [-0.05, 0) is 36.2 Å². The van der Waals surface area contributed by atoms with E-state index in [-0.39, 0.29) is 10.8 Å². The molecule has 0 unspecified atom stereocenters. The average molecular weight is 375 g/mol. The number of hydrogen-bond acceptors (Lipinski definition) is 4. The molecular weight excluding hydrogens is 350 g/mol. The van der Waals surface area contributed by atoms with Gasteiger partial charge < -0.3 is 10.6 Å². The van der Waals surface area contributed by atoms with E-state index in [0.717, 1.165) is 12.0 Å². The number of carbonyl (C=O) groups is 1. The molecule has 6 nitrogen and oxygen atoms in total. The first kappa shape index (κ1) is 20.1. The van der Waals surface area contributed by atoms with Crippen LogP contribution >= 0.6 is 0 Å². The van der Waals surface area contributed by atoms with Crippen LogP contribution in [0.15, 0.2) is 59.5 Å². The number of nitrogens with zero attached hydrogens (tertiary/aromatic N) is 1. The van der Waals surface area contributed by atoms with Gasteiger partial charge in [-0.2, -0.15) is 0 Å². The molecule has 2 rings (SSSR count). The maximum Gasteiger partial charge on any atom is 0.253 e. The number of nitrogens with one attached hydrogen (secondary N) is 1. The SMILES string of the molecule is CCNS(=O)(=O)c1ccc(C(=O)N(CCN)CCc2ccccc2)cc1. The van der Waals surface area contributed by atoms with Crippen molar-refractivity contribution in [3.8, 4) is 0 Å². The summed E-state index contributed by atoms with van der Waals surface area (Å²) in [4.78, 5) is 14.6. The van der Waals surface area contributed by atoms with Crippen LogP contribution in [0.2, 0.25) is 0 Å². The Kier molecular flexibility index (Phi) is 7.32. The van der Waals surface area contributed by atoms with E-state index in [1.807, 2.05) is 30.3 Å². The topological polar surface area (TPSA) is 92.5 Å². The summed E-state index contributed by atoms with van der Waals surface area (Å²) in [5.74, 6) is -0.154. The molecule has 0 heterocycles. The highest BCUT2D eigenvalue weighted by Gasteiger charge is 2.17. The summed E-state index contributed by atoms with van der Waals surface area (Å²) in [7, 11) is -3.52. The fourth-order valence-electron chi connectivity index (χ4n) is 2.61. The van der Waals surface area contributed by atoms with Crippen molar-refractivity contribution in [3.05, 3.63) is 65.7 Å². The van der Waals surface area contributed by atoms with Crippen LogP contribution in [0.4, 0.5) is 0 Å². The predicted molar refractivity (Wildman–Crippen MR) is 102 cm³/mol. The van der Waals surface area contributed by atoms with Gasteiger partial charge in [-0.15, -0.1) is 0 Å². The molecule has 0 aliphatic carbocycles. The van der Waals surface area contributed by atoms with Crippen molar-refractivity contribution in [2.45, 2.75) is 18.2 Å². The second-order valence-corrected chi connectivity index (χ2v) is 7.61. The zero-order chi connectivity index (χ0) is 19.0. The van der Waals surface area contributed by atoms with Crippen LogP contribution in [-0.2, 0) is 16.4 Å². The highest BCUT2D eigenvalue weighted by Crippen LogP contribution is 2.13. The first-order chi connectivity index (χ1) is 12.5. The number of rotatable bonds is 9. The quantitative estimate of drug-likeness (QED) is 0.697. The lowest BCUT2D eigenvalue weighted by Gasteiger charge is -2.22. The number of nitrogens with two attached hydrogens (primary N) is 1. The molecule has 0 saturated heterocycles. The second kappa shape index (κ2) is 9.47. The largest absolute Gasteiger partial charge is 0.337 e. The first-order valence-corrected chi connectivity index (χ1v) is 10.1. The molecule has 0 atom stereocenters. The maximum absolute atomic E-state index is 12.7. The zero-order valence-corrected chi connectivity index (χ0v) is 15.7. The van der Waals surface area contributed by atoms with Gasteiger partial charge in [-0.25, -0.2) is 13.1 Å². The molecule has 7 heteroatoms. The third kappa shape index (κ3) is 5.39. The average Bonchev–Trinajstić information content (AvgIpc) is 2.65. The van der Waals surface area contributed by atoms with Crippen molar-refractivity contribution in [2.75, 3.05) is 26.2 Å². The number of amides is 1. The molecule has 2 aromatic carbocycles. The zero-order valence-electron chi connectivity index (χ0n) is 14.9. The fourth-order valence-corrected chi connectivity index (χ4v) is 3.65. The van der Waals surface area contributed by atoms with Crippen molar-refractivity contribution >= 4 is 15.9 Å². The summed E-state index contributed by atoms with van der Waals surface area (Å²) in [6, 6.07) is 15.9. The Balaban J connectivity index is 2.10. The molecule has 0 fully saturated rings. The second-order valence-electron chi connectivity index (χ2n) is 5.84. The van der Waals surface area contributed by atoms with E-state index in [9.17, 15) is 13.2 Å². The molecule has 0 spiro atoms. The van der Waals surface area contributed by atoms with Crippen molar-refractivity contribution < 1.29 is 13.2 Å².